The second kappa shape index (κ2) is 12.2. The van der Waals surface area contributed by atoms with Crippen LogP contribution < -0.4 is 0 Å². The van der Waals surface area contributed by atoms with Crippen LogP contribution in [0, 0.1) is 0 Å². The van der Waals surface area contributed by atoms with Gasteiger partial charge in [-0.2, -0.15) is 0 Å². The first-order chi connectivity index (χ1) is 8.74. The first-order valence-corrected chi connectivity index (χ1v) is 10.3. The van der Waals surface area contributed by atoms with Gasteiger partial charge in [0.2, 0.25) is 0 Å². The van der Waals surface area contributed by atoms with Crippen LogP contribution in [0.4, 0.5) is 0 Å². The fraction of sp³-hybridized carbons (Fsp3) is 1.00. The molecule has 0 rings (SSSR count). The number of hydrogen-bond donors (Lipinski definition) is 0. The molecule has 0 spiro atoms. The van der Waals surface area contributed by atoms with Crippen LogP contribution in [-0.4, -0.2) is 21.8 Å². The molecule has 0 heterocycles. The maximum Gasteiger partial charge on any atom is 0.337 e. The van der Waals surface area contributed by atoms with E-state index in [1.165, 1.54) is 44.9 Å². The fourth-order valence-corrected chi connectivity index (χ4v) is 5.10. The molecule has 0 saturated heterocycles. The Balaban J connectivity index is 4.05. The van der Waals surface area contributed by atoms with E-state index in [9.17, 15) is 0 Å². The van der Waals surface area contributed by atoms with Gasteiger partial charge in [-0.15, -0.1) is 0 Å². The standard InChI is InChI=1S/C15H34O2Si/c1-5-9-11-13-16-18(8-4,15-7-3)17-14-12-10-6-2/h5-15H2,1-4H3. The van der Waals surface area contributed by atoms with Gasteiger partial charge in [-0.3, -0.25) is 0 Å². The molecule has 110 valence electrons. The van der Waals surface area contributed by atoms with Gasteiger partial charge >= 0.3 is 8.56 Å². The first-order valence-electron chi connectivity index (χ1n) is 8.02. The Labute approximate surface area is 116 Å². The summed E-state index contributed by atoms with van der Waals surface area (Å²) in [7, 11) is -1.87. The van der Waals surface area contributed by atoms with Gasteiger partial charge in [0.15, 0.2) is 0 Å². The summed E-state index contributed by atoms with van der Waals surface area (Å²) in [4.78, 5) is 0. The van der Waals surface area contributed by atoms with Crippen LogP contribution >= 0.6 is 0 Å². The van der Waals surface area contributed by atoms with E-state index in [1.807, 2.05) is 0 Å². The maximum absolute atomic E-state index is 6.22. The summed E-state index contributed by atoms with van der Waals surface area (Å²) >= 11 is 0. The molecule has 0 aromatic carbocycles. The first kappa shape index (κ1) is 18.1. The summed E-state index contributed by atoms with van der Waals surface area (Å²) in [5, 5.41) is 0. The van der Waals surface area contributed by atoms with Crippen LogP contribution in [0.5, 0.6) is 0 Å². The predicted molar refractivity (Wildman–Crippen MR) is 82.3 cm³/mol. The van der Waals surface area contributed by atoms with Gasteiger partial charge in [0.05, 0.1) is 0 Å². The second-order valence-electron chi connectivity index (χ2n) is 5.13. The molecule has 0 amide bonds. The summed E-state index contributed by atoms with van der Waals surface area (Å²) in [6.45, 7) is 10.8. The minimum absolute atomic E-state index is 0.904. The fourth-order valence-electron chi connectivity index (χ4n) is 2.17. The van der Waals surface area contributed by atoms with Gasteiger partial charge in [-0.1, -0.05) is 59.8 Å². The molecule has 0 aromatic rings. The van der Waals surface area contributed by atoms with Crippen molar-refractivity contribution in [3.05, 3.63) is 0 Å². The van der Waals surface area contributed by atoms with Crippen LogP contribution in [0.2, 0.25) is 12.1 Å². The van der Waals surface area contributed by atoms with Gasteiger partial charge in [0.1, 0.15) is 0 Å². The smallest absolute Gasteiger partial charge is 0.337 e. The lowest BCUT2D eigenvalue weighted by atomic mass is 10.3. The highest BCUT2D eigenvalue weighted by molar-refractivity contribution is 6.67. The maximum atomic E-state index is 6.22. The molecule has 0 N–H and O–H groups in total. The average molecular weight is 275 g/mol. The molecule has 0 aliphatic heterocycles. The lowest BCUT2D eigenvalue weighted by Gasteiger charge is -2.29. The zero-order valence-corrected chi connectivity index (χ0v) is 14.1. The van der Waals surface area contributed by atoms with Gasteiger partial charge in [-0.05, 0) is 24.9 Å². The Bertz CT molecular complexity index is 162. The van der Waals surface area contributed by atoms with Crippen molar-refractivity contribution in [1.82, 2.24) is 0 Å². The van der Waals surface area contributed by atoms with Crippen LogP contribution in [0.25, 0.3) is 0 Å². The quantitative estimate of drug-likeness (QED) is 0.336. The van der Waals surface area contributed by atoms with E-state index in [-0.39, 0.29) is 0 Å². The number of rotatable bonds is 13. The number of unbranched alkanes of at least 4 members (excludes halogenated alkanes) is 4. The van der Waals surface area contributed by atoms with Crippen molar-refractivity contribution in [1.29, 1.82) is 0 Å². The second-order valence-corrected chi connectivity index (χ2v) is 8.73. The third-order valence-corrected chi connectivity index (χ3v) is 7.20. The van der Waals surface area contributed by atoms with E-state index in [4.69, 9.17) is 8.85 Å². The normalized spacial score (nSPS) is 12.0. The third-order valence-electron chi connectivity index (χ3n) is 3.40. The zero-order chi connectivity index (χ0) is 13.7. The van der Waals surface area contributed by atoms with Crippen molar-refractivity contribution in [2.75, 3.05) is 13.2 Å². The Morgan fingerprint density at radius 2 is 1.17 bits per heavy atom. The molecule has 0 aliphatic rings. The Morgan fingerprint density at radius 1 is 0.667 bits per heavy atom. The van der Waals surface area contributed by atoms with Crippen molar-refractivity contribution in [2.45, 2.75) is 84.7 Å². The summed E-state index contributed by atoms with van der Waals surface area (Å²) in [5.74, 6) is 0. The van der Waals surface area contributed by atoms with Crippen molar-refractivity contribution >= 4 is 8.56 Å². The van der Waals surface area contributed by atoms with E-state index in [1.54, 1.807) is 0 Å². The summed E-state index contributed by atoms with van der Waals surface area (Å²) in [6, 6.07) is 2.25. The molecule has 18 heavy (non-hydrogen) atoms. The van der Waals surface area contributed by atoms with Gasteiger partial charge < -0.3 is 8.85 Å². The largest absolute Gasteiger partial charge is 0.394 e. The molecule has 0 aliphatic carbocycles. The molecule has 0 unspecified atom stereocenters. The monoisotopic (exact) mass is 274 g/mol. The van der Waals surface area contributed by atoms with E-state index < -0.39 is 8.56 Å². The molecule has 0 saturated carbocycles. The Hall–Kier alpha value is 0.137. The van der Waals surface area contributed by atoms with Crippen LogP contribution in [0.1, 0.15) is 72.6 Å². The summed E-state index contributed by atoms with van der Waals surface area (Å²) in [6.07, 6.45) is 8.62. The van der Waals surface area contributed by atoms with E-state index in [0.717, 1.165) is 25.3 Å². The van der Waals surface area contributed by atoms with E-state index >= 15 is 0 Å². The average Bonchev–Trinajstić information content (AvgIpc) is 2.39. The molecule has 0 aromatic heterocycles. The summed E-state index contributed by atoms with van der Waals surface area (Å²) in [5.41, 5.74) is 0. The molecule has 0 fully saturated rings. The highest BCUT2D eigenvalue weighted by Gasteiger charge is 2.34. The molecule has 0 radical (unpaired) electrons. The lowest BCUT2D eigenvalue weighted by molar-refractivity contribution is 0.162. The Kier molecular flexibility index (Phi) is 12.3. The van der Waals surface area contributed by atoms with Crippen LogP contribution in [-0.2, 0) is 8.85 Å². The molecule has 0 atom stereocenters. The van der Waals surface area contributed by atoms with Crippen molar-refractivity contribution in [3.63, 3.8) is 0 Å². The Morgan fingerprint density at radius 3 is 1.50 bits per heavy atom. The highest BCUT2D eigenvalue weighted by Crippen LogP contribution is 2.22. The van der Waals surface area contributed by atoms with Crippen LogP contribution in [0.15, 0.2) is 0 Å². The van der Waals surface area contributed by atoms with Crippen molar-refractivity contribution in [3.8, 4) is 0 Å². The van der Waals surface area contributed by atoms with E-state index in [0.29, 0.717) is 0 Å². The van der Waals surface area contributed by atoms with Gasteiger partial charge in [0, 0.05) is 13.2 Å². The zero-order valence-electron chi connectivity index (χ0n) is 13.1. The predicted octanol–water partition coefficient (Wildman–Crippen LogP) is 5.27. The van der Waals surface area contributed by atoms with Gasteiger partial charge in [-0.25, -0.2) is 0 Å². The topological polar surface area (TPSA) is 18.5 Å². The third kappa shape index (κ3) is 8.28. The van der Waals surface area contributed by atoms with E-state index in [2.05, 4.69) is 27.7 Å². The van der Waals surface area contributed by atoms with Crippen LogP contribution in [0.3, 0.4) is 0 Å². The van der Waals surface area contributed by atoms with Crippen molar-refractivity contribution in [2.24, 2.45) is 0 Å². The summed E-state index contributed by atoms with van der Waals surface area (Å²) < 4.78 is 12.4. The molecular formula is C15H34O2Si. The lowest BCUT2D eigenvalue weighted by Crippen LogP contribution is -2.42. The highest BCUT2D eigenvalue weighted by atomic mass is 28.4. The molecule has 2 nitrogen and oxygen atoms in total. The molecular weight excluding hydrogens is 240 g/mol. The minimum atomic E-state index is -1.87. The number of hydrogen-bond acceptors (Lipinski definition) is 2. The van der Waals surface area contributed by atoms with Crippen molar-refractivity contribution < 1.29 is 8.85 Å². The SMILES string of the molecule is CCCCCO[Si](CC)(CCC)OCCCCC. The molecule has 0 bridgehead atoms. The minimum Gasteiger partial charge on any atom is -0.394 e. The molecule has 3 heteroatoms. The van der Waals surface area contributed by atoms with Gasteiger partial charge in [0.25, 0.3) is 0 Å².